The largest absolute Gasteiger partial charge is 0.492 e. The number of nitrogens with one attached hydrogen (secondary N) is 1. The highest BCUT2D eigenvalue weighted by molar-refractivity contribution is 5.79. The summed E-state index contributed by atoms with van der Waals surface area (Å²) in [6.07, 6.45) is 8.78. The van der Waals surface area contributed by atoms with E-state index in [0.29, 0.717) is 12.6 Å². The maximum atomic E-state index is 12.2. The third-order valence-electron chi connectivity index (χ3n) is 5.29. The number of rotatable bonds is 6. The lowest BCUT2D eigenvalue weighted by Crippen LogP contribution is -2.38. The Morgan fingerprint density at radius 1 is 1.19 bits per heavy atom. The maximum absolute atomic E-state index is 12.2. The predicted octanol–water partition coefficient (Wildman–Crippen LogP) is 2.06. The lowest BCUT2D eigenvalue weighted by atomic mass is 9.99. The molecule has 2 aliphatic rings. The number of benzene rings is 1. The second-order valence-electron chi connectivity index (χ2n) is 7.32. The summed E-state index contributed by atoms with van der Waals surface area (Å²) >= 11 is 0. The summed E-state index contributed by atoms with van der Waals surface area (Å²) in [6.45, 7) is 4.12. The number of nitrogens with zero attached hydrogens (tertiary/aromatic N) is 3. The molecule has 6 nitrogen and oxygen atoms in total. The fourth-order valence-corrected chi connectivity index (χ4v) is 3.91. The molecule has 0 unspecified atom stereocenters. The number of fused-ring (bicyclic) bond motifs is 3. The molecule has 0 aliphatic carbocycles. The highest BCUT2D eigenvalue weighted by atomic mass is 16.5. The molecule has 2 aromatic rings. The van der Waals surface area contributed by atoms with E-state index in [1.54, 1.807) is 12.5 Å². The number of carbonyl (C=O) groups excluding carboxylic acids is 1. The van der Waals surface area contributed by atoms with E-state index < -0.39 is 0 Å². The van der Waals surface area contributed by atoms with Crippen molar-refractivity contribution in [2.75, 3.05) is 19.7 Å². The van der Waals surface area contributed by atoms with E-state index in [-0.39, 0.29) is 11.8 Å². The monoisotopic (exact) mass is 354 g/mol. The first kappa shape index (κ1) is 17.1. The van der Waals surface area contributed by atoms with Crippen molar-refractivity contribution in [1.29, 1.82) is 0 Å². The zero-order valence-electron chi connectivity index (χ0n) is 15.0. The third kappa shape index (κ3) is 4.25. The van der Waals surface area contributed by atoms with E-state index in [4.69, 9.17) is 4.74 Å². The first-order chi connectivity index (χ1) is 12.8. The zero-order valence-corrected chi connectivity index (χ0v) is 15.0. The number of amides is 1. The van der Waals surface area contributed by atoms with Crippen LogP contribution < -0.4 is 10.1 Å². The van der Waals surface area contributed by atoms with Gasteiger partial charge in [0.25, 0.3) is 0 Å². The van der Waals surface area contributed by atoms with Gasteiger partial charge in [-0.15, -0.1) is 0 Å². The number of ether oxygens (including phenoxy) is 1. The summed E-state index contributed by atoms with van der Waals surface area (Å²) in [5, 5.41) is 3.19. The quantitative estimate of drug-likeness (QED) is 0.863. The van der Waals surface area contributed by atoms with Crippen molar-refractivity contribution in [3.05, 3.63) is 48.5 Å². The van der Waals surface area contributed by atoms with Crippen LogP contribution in [0, 0.1) is 5.92 Å². The number of likely N-dealkylation sites (tertiary alicyclic amines) is 1. The van der Waals surface area contributed by atoms with Gasteiger partial charge in [-0.25, -0.2) is 4.98 Å². The summed E-state index contributed by atoms with van der Waals surface area (Å²) in [5.74, 6) is 1.28. The van der Waals surface area contributed by atoms with E-state index in [1.807, 2.05) is 22.9 Å². The van der Waals surface area contributed by atoms with Crippen LogP contribution in [0.1, 0.15) is 24.8 Å². The Morgan fingerprint density at radius 3 is 2.88 bits per heavy atom. The Labute approximate surface area is 154 Å². The lowest BCUT2D eigenvalue weighted by Gasteiger charge is -2.27. The van der Waals surface area contributed by atoms with Crippen molar-refractivity contribution < 1.29 is 9.53 Å². The zero-order chi connectivity index (χ0) is 17.8. The van der Waals surface area contributed by atoms with E-state index in [1.165, 1.54) is 5.56 Å². The van der Waals surface area contributed by atoms with Crippen molar-refractivity contribution in [3.63, 3.8) is 0 Å². The molecule has 2 bridgehead atoms. The van der Waals surface area contributed by atoms with Crippen molar-refractivity contribution in [1.82, 2.24) is 19.8 Å². The van der Waals surface area contributed by atoms with Gasteiger partial charge in [-0.1, -0.05) is 18.6 Å². The van der Waals surface area contributed by atoms with Crippen molar-refractivity contribution >= 4 is 5.91 Å². The molecule has 1 aromatic heterocycles. The highest BCUT2D eigenvalue weighted by Gasteiger charge is 2.32. The maximum Gasteiger partial charge on any atom is 0.224 e. The van der Waals surface area contributed by atoms with Crippen molar-refractivity contribution in [2.24, 2.45) is 5.92 Å². The number of aromatic nitrogens is 2. The minimum atomic E-state index is 0.147. The van der Waals surface area contributed by atoms with Gasteiger partial charge in [0.05, 0.1) is 18.8 Å². The molecule has 138 valence electrons. The molecule has 2 saturated heterocycles. The smallest absolute Gasteiger partial charge is 0.224 e. The summed E-state index contributed by atoms with van der Waals surface area (Å²) in [4.78, 5) is 18.6. The Hall–Kier alpha value is -2.34. The van der Waals surface area contributed by atoms with Crippen molar-refractivity contribution in [2.45, 2.75) is 38.4 Å². The van der Waals surface area contributed by atoms with Gasteiger partial charge in [0.1, 0.15) is 12.4 Å². The average molecular weight is 354 g/mol. The number of hydrogen-bond acceptors (Lipinski definition) is 4. The van der Waals surface area contributed by atoms with Gasteiger partial charge in [-0.3, -0.25) is 9.69 Å². The molecule has 0 radical (unpaired) electrons. The Kier molecular flexibility index (Phi) is 5.20. The lowest BCUT2D eigenvalue weighted by molar-refractivity contribution is -0.124. The molecule has 2 fully saturated rings. The Balaban J connectivity index is 1.30. The molecule has 2 atom stereocenters. The molecule has 2 aliphatic heterocycles. The van der Waals surface area contributed by atoms with Crippen LogP contribution in [0.5, 0.6) is 5.75 Å². The standard InChI is InChI=1S/C20H26N4O2/c25-20-17-2-1-3-18(22-20)14-24(13-17)12-16-4-6-19(7-5-16)26-11-10-23-9-8-21-15-23/h4-9,15,17-18H,1-3,10-14H2,(H,22,25)/t17-,18+/m1/s1. The topological polar surface area (TPSA) is 59.4 Å². The van der Waals surface area contributed by atoms with Crippen LogP contribution in [0.3, 0.4) is 0 Å². The molecule has 3 heterocycles. The normalized spacial score (nSPS) is 23.3. The van der Waals surface area contributed by atoms with Crippen LogP contribution in [0.15, 0.2) is 43.0 Å². The molecular formula is C20H26N4O2. The van der Waals surface area contributed by atoms with Crippen LogP contribution in [0.2, 0.25) is 0 Å². The summed E-state index contributed by atoms with van der Waals surface area (Å²) < 4.78 is 7.80. The van der Waals surface area contributed by atoms with Gasteiger partial charge >= 0.3 is 0 Å². The number of hydrogen-bond donors (Lipinski definition) is 1. The summed E-state index contributed by atoms with van der Waals surface area (Å²) in [5.41, 5.74) is 1.26. The molecular weight excluding hydrogens is 328 g/mol. The van der Waals surface area contributed by atoms with Gasteiger partial charge in [-0.2, -0.15) is 0 Å². The molecule has 6 heteroatoms. The van der Waals surface area contributed by atoms with Crippen LogP contribution in [-0.2, 0) is 17.9 Å². The van der Waals surface area contributed by atoms with Crippen LogP contribution >= 0.6 is 0 Å². The fourth-order valence-electron chi connectivity index (χ4n) is 3.91. The van der Waals surface area contributed by atoms with E-state index in [2.05, 4.69) is 27.3 Å². The second-order valence-corrected chi connectivity index (χ2v) is 7.32. The SMILES string of the molecule is O=C1N[C@H]2CCC[C@@H]1CN(Cc1ccc(OCCn3ccnc3)cc1)C2. The van der Waals surface area contributed by atoms with Gasteiger partial charge in [0, 0.05) is 38.1 Å². The molecule has 0 spiro atoms. The molecule has 4 rings (SSSR count). The minimum Gasteiger partial charge on any atom is -0.492 e. The van der Waals surface area contributed by atoms with Crippen LogP contribution in [0.25, 0.3) is 0 Å². The molecule has 1 aromatic carbocycles. The highest BCUT2D eigenvalue weighted by Crippen LogP contribution is 2.23. The summed E-state index contributed by atoms with van der Waals surface area (Å²) in [7, 11) is 0. The Morgan fingerprint density at radius 2 is 2.08 bits per heavy atom. The van der Waals surface area contributed by atoms with E-state index >= 15 is 0 Å². The third-order valence-corrected chi connectivity index (χ3v) is 5.29. The first-order valence-corrected chi connectivity index (χ1v) is 9.46. The minimum absolute atomic E-state index is 0.147. The van der Waals surface area contributed by atoms with Gasteiger partial charge < -0.3 is 14.6 Å². The molecule has 0 saturated carbocycles. The fraction of sp³-hybridized carbons (Fsp3) is 0.500. The van der Waals surface area contributed by atoms with Gasteiger partial charge in [-0.05, 0) is 30.5 Å². The summed E-state index contributed by atoms with van der Waals surface area (Å²) in [6, 6.07) is 8.63. The molecule has 1 N–H and O–H groups in total. The van der Waals surface area contributed by atoms with Gasteiger partial charge in [0.15, 0.2) is 0 Å². The van der Waals surface area contributed by atoms with E-state index in [9.17, 15) is 4.79 Å². The van der Waals surface area contributed by atoms with Crippen molar-refractivity contribution in [3.8, 4) is 5.75 Å². The number of imidazole rings is 1. The van der Waals surface area contributed by atoms with Crippen LogP contribution in [-0.4, -0.2) is 46.1 Å². The number of carbonyl (C=O) groups is 1. The first-order valence-electron chi connectivity index (χ1n) is 9.46. The molecule has 26 heavy (non-hydrogen) atoms. The Bertz CT molecular complexity index is 714. The van der Waals surface area contributed by atoms with E-state index in [0.717, 1.165) is 51.2 Å². The molecule has 1 amide bonds. The van der Waals surface area contributed by atoms with Crippen LogP contribution in [0.4, 0.5) is 0 Å². The average Bonchev–Trinajstić information content (AvgIpc) is 3.02. The second kappa shape index (κ2) is 7.91. The van der Waals surface area contributed by atoms with Gasteiger partial charge in [0.2, 0.25) is 5.91 Å². The predicted molar refractivity (Wildman–Crippen MR) is 98.7 cm³/mol.